The van der Waals surface area contributed by atoms with Gasteiger partial charge in [-0.3, -0.25) is 4.79 Å². The van der Waals surface area contributed by atoms with Crippen molar-refractivity contribution in [1.82, 2.24) is 4.90 Å². The van der Waals surface area contributed by atoms with Gasteiger partial charge in [0.2, 0.25) is 5.91 Å². The minimum atomic E-state index is -0.377. The van der Waals surface area contributed by atoms with E-state index in [4.69, 9.17) is 5.73 Å². The van der Waals surface area contributed by atoms with E-state index in [1.54, 1.807) is 0 Å². The largest absolute Gasteiger partial charge is 0.341 e. The SMILES string of the molecule is CC(C)C1CCN(C(=O)[C@H](N)C(C)(C)C)CC1. The molecule has 0 aliphatic carbocycles. The van der Waals surface area contributed by atoms with Gasteiger partial charge in [-0.05, 0) is 30.1 Å². The molecule has 0 aromatic heterocycles. The first-order valence-electron chi connectivity index (χ1n) is 6.78. The molecule has 1 amide bonds. The zero-order valence-electron chi connectivity index (χ0n) is 12.0. The van der Waals surface area contributed by atoms with Crippen LogP contribution < -0.4 is 5.73 Å². The third-order valence-electron chi connectivity index (χ3n) is 3.99. The molecule has 17 heavy (non-hydrogen) atoms. The van der Waals surface area contributed by atoms with Gasteiger partial charge in [-0.25, -0.2) is 0 Å². The maximum Gasteiger partial charge on any atom is 0.240 e. The first kappa shape index (κ1) is 14.5. The van der Waals surface area contributed by atoms with Crippen molar-refractivity contribution in [2.24, 2.45) is 23.0 Å². The lowest BCUT2D eigenvalue weighted by Crippen LogP contribution is -2.52. The number of carbonyl (C=O) groups is 1. The average molecular weight is 240 g/mol. The normalized spacial score (nSPS) is 20.8. The Morgan fingerprint density at radius 1 is 1.24 bits per heavy atom. The third-order valence-corrected chi connectivity index (χ3v) is 3.99. The minimum Gasteiger partial charge on any atom is -0.341 e. The lowest BCUT2D eigenvalue weighted by atomic mass is 9.84. The molecule has 0 saturated carbocycles. The molecule has 0 radical (unpaired) electrons. The third kappa shape index (κ3) is 3.70. The fraction of sp³-hybridized carbons (Fsp3) is 0.929. The van der Waals surface area contributed by atoms with E-state index in [9.17, 15) is 4.79 Å². The Kier molecular flexibility index (Phi) is 4.59. The van der Waals surface area contributed by atoms with Crippen molar-refractivity contribution in [1.29, 1.82) is 0 Å². The van der Waals surface area contributed by atoms with Crippen LogP contribution in [0.4, 0.5) is 0 Å². The molecule has 1 saturated heterocycles. The predicted molar refractivity (Wildman–Crippen MR) is 71.6 cm³/mol. The quantitative estimate of drug-likeness (QED) is 0.804. The van der Waals surface area contributed by atoms with Gasteiger partial charge in [-0.15, -0.1) is 0 Å². The summed E-state index contributed by atoms with van der Waals surface area (Å²) in [6.45, 7) is 12.4. The van der Waals surface area contributed by atoms with Gasteiger partial charge in [0.25, 0.3) is 0 Å². The maximum atomic E-state index is 12.2. The van der Waals surface area contributed by atoms with Crippen LogP contribution in [-0.4, -0.2) is 29.9 Å². The molecule has 0 aromatic rings. The highest BCUT2D eigenvalue weighted by molar-refractivity contribution is 5.82. The Labute approximate surface area is 106 Å². The number of likely N-dealkylation sites (tertiary alicyclic amines) is 1. The summed E-state index contributed by atoms with van der Waals surface area (Å²) in [6.07, 6.45) is 2.25. The fourth-order valence-corrected chi connectivity index (χ4v) is 2.35. The van der Waals surface area contributed by atoms with Crippen LogP contribution in [0.1, 0.15) is 47.5 Å². The summed E-state index contributed by atoms with van der Waals surface area (Å²) in [5.74, 6) is 1.62. The lowest BCUT2D eigenvalue weighted by Gasteiger charge is -2.37. The van der Waals surface area contributed by atoms with E-state index < -0.39 is 0 Å². The summed E-state index contributed by atoms with van der Waals surface area (Å²) in [5, 5.41) is 0. The molecular formula is C14H28N2O. The Hall–Kier alpha value is -0.570. The van der Waals surface area contributed by atoms with Gasteiger partial charge in [0.05, 0.1) is 6.04 Å². The zero-order chi connectivity index (χ0) is 13.2. The Morgan fingerprint density at radius 2 is 1.71 bits per heavy atom. The molecule has 0 unspecified atom stereocenters. The predicted octanol–water partition coefficient (Wildman–Crippen LogP) is 2.25. The fourth-order valence-electron chi connectivity index (χ4n) is 2.35. The van der Waals surface area contributed by atoms with Crippen molar-refractivity contribution < 1.29 is 4.79 Å². The van der Waals surface area contributed by atoms with Gasteiger partial charge in [-0.2, -0.15) is 0 Å². The number of hydrogen-bond acceptors (Lipinski definition) is 2. The van der Waals surface area contributed by atoms with Crippen molar-refractivity contribution in [2.75, 3.05) is 13.1 Å². The number of nitrogens with two attached hydrogens (primary N) is 1. The summed E-state index contributed by atoms with van der Waals surface area (Å²) in [4.78, 5) is 14.2. The number of hydrogen-bond donors (Lipinski definition) is 1. The van der Waals surface area contributed by atoms with Gasteiger partial charge in [-0.1, -0.05) is 34.6 Å². The maximum absolute atomic E-state index is 12.2. The van der Waals surface area contributed by atoms with Gasteiger partial charge in [0.15, 0.2) is 0 Å². The minimum absolute atomic E-state index is 0.125. The summed E-state index contributed by atoms with van der Waals surface area (Å²) in [5.41, 5.74) is 5.88. The highest BCUT2D eigenvalue weighted by Gasteiger charge is 2.33. The molecule has 0 bridgehead atoms. The first-order chi connectivity index (χ1) is 7.73. The zero-order valence-corrected chi connectivity index (χ0v) is 12.0. The molecule has 0 spiro atoms. The second kappa shape index (κ2) is 5.38. The molecule has 1 heterocycles. The molecule has 1 aliphatic heterocycles. The summed E-state index contributed by atoms with van der Waals surface area (Å²) in [7, 11) is 0. The number of nitrogens with zero attached hydrogens (tertiary/aromatic N) is 1. The second-order valence-electron chi connectivity index (χ2n) is 6.75. The standard InChI is InChI=1S/C14H28N2O/c1-10(2)11-6-8-16(9-7-11)13(17)12(15)14(3,4)5/h10-12H,6-9,15H2,1-5H3/t12-/m0/s1. The number of piperidine rings is 1. The highest BCUT2D eigenvalue weighted by Crippen LogP contribution is 2.26. The van der Waals surface area contributed by atoms with E-state index in [1.165, 1.54) is 0 Å². The van der Waals surface area contributed by atoms with Gasteiger partial charge < -0.3 is 10.6 Å². The van der Waals surface area contributed by atoms with Crippen LogP contribution in [0.15, 0.2) is 0 Å². The van der Waals surface area contributed by atoms with Crippen molar-refractivity contribution in [3.63, 3.8) is 0 Å². The van der Waals surface area contributed by atoms with E-state index in [-0.39, 0.29) is 17.4 Å². The van der Waals surface area contributed by atoms with Crippen LogP contribution in [0.25, 0.3) is 0 Å². The van der Waals surface area contributed by atoms with Crippen LogP contribution in [-0.2, 0) is 4.79 Å². The Bertz CT molecular complexity index is 260. The number of amides is 1. The first-order valence-corrected chi connectivity index (χ1v) is 6.78. The average Bonchev–Trinajstić information content (AvgIpc) is 2.26. The van der Waals surface area contributed by atoms with E-state index in [1.807, 2.05) is 25.7 Å². The summed E-state index contributed by atoms with van der Waals surface area (Å²) >= 11 is 0. The topological polar surface area (TPSA) is 46.3 Å². The van der Waals surface area contributed by atoms with Gasteiger partial charge in [0.1, 0.15) is 0 Å². The Morgan fingerprint density at radius 3 is 2.06 bits per heavy atom. The van der Waals surface area contributed by atoms with Crippen LogP contribution in [0.2, 0.25) is 0 Å². The molecule has 0 aromatic carbocycles. The molecule has 3 nitrogen and oxygen atoms in total. The van der Waals surface area contributed by atoms with E-state index in [0.717, 1.165) is 37.8 Å². The highest BCUT2D eigenvalue weighted by atomic mass is 16.2. The molecule has 1 atom stereocenters. The molecule has 1 fully saturated rings. The number of rotatable bonds is 2. The molecule has 3 heteroatoms. The van der Waals surface area contributed by atoms with Gasteiger partial charge >= 0.3 is 0 Å². The molecular weight excluding hydrogens is 212 g/mol. The summed E-state index contributed by atoms with van der Waals surface area (Å²) in [6, 6.07) is -0.377. The van der Waals surface area contributed by atoms with E-state index in [0.29, 0.717) is 0 Å². The van der Waals surface area contributed by atoms with Crippen LogP contribution in [0, 0.1) is 17.3 Å². The monoisotopic (exact) mass is 240 g/mol. The van der Waals surface area contributed by atoms with Crippen LogP contribution in [0.3, 0.4) is 0 Å². The molecule has 1 aliphatic rings. The smallest absolute Gasteiger partial charge is 0.240 e. The van der Waals surface area contributed by atoms with Crippen LogP contribution >= 0.6 is 0 Å². The number of carbonyl (C=O) groups excluding carboxylic acids is 1. The Balaban J connectivity index is 2.52. The van der Waals surface area contributed by atoms with E-state index >= 15 is 0 Å². The van der Waals surface area contributed by atoms with Gasteiger partial charge in [0, 0.05) is 13.1 Å². The molecule has 2 N–H and O–H groups in total. The molecule has 100 valence electrons. The molecule has 1 rings (SSSR count). The van der Waals surface area contributed by atoms with E-state index in [2.05, 4.69) is 13.8 Å². The van der Waals surface area contributed by atoms with Crippen molar-refractivity contribution in [3.05, 3.63) is 0 Å². The lowest BCUT2D eigenvalue weighted by molar-refractivity contribution is -0.136. The van der Waals surface area contributed by atoms with Crippen molar-refractivity contribution in [2.45, 2.75) is 53.5 Å². The van der Waals surface area contributed by atoms with Crippen molar-refractivity contribution in [3.8, 4) is 0 Å². The van der Waals surface area contributed by atoms with Crippen molar-refractivity contribution >= 4 is 5.91 Å². The van der Waals surface area contributed by atoms with Crippen LogP contribution in [0.5, 0.6) is 0 Å². The summed E-state index contributed by atoms with van der Waals surface area (Å²) < 4.78 is 0. The second-order valence-corrected chi connectivity index (χ2v) is 6.75.